The second-order valence-electron chi connectivity index (χ2n) is 3.50. The van der Waals surface area contributed by atoms with E-state index in [4.69, 9.17) is 10.4 Å². The molecule has 0 aliphatic carbocycles. The number of nitrogens with one attached hydrogen (secondary N) is 1. The van der Waals surface area contributed by atoms with E-state index in [0.717, 1.165) is 12.3 Å². The average molecular weight is 261 g/mol. The van der Waals surface area contributed by atoms with Crippen molar-refractivity contribution in [3.63, 3.8) is 0 Å². The molecule has 8 heteroatoms. The number of hydrogen-bond acceptors (Lipinski definition) is 3. The Bertz CT molecular complexity index is 462. The molecule has 98 valence electrons. The van der Waals surface area contributed by atoms with Crippen LogP contribution >= 0.6 is 0 Å². The zero-order valence-electron chi connectivity index (χ0n) is 9.11. The summed E-state index contributed by atoms with van der Waals surface area (Å²) in [6.07, 6.45) is -5.03. The normalized spacial score (nSPS) is 12.8. The highest BCUT2D eigenvalue weighted by molar-refractivity contribution is 5.75. The fourth-order valence-corrected chi connectivity index (χ4v) is 1.27. The van der Waals surface area contributed by atoms with Crippen molar-refractivity contribution < 1.29 is 23.1 Å². The summed E-state index contributed by atoms with van der Waals surface area (Å²) in [4.78, 5) is 11.2. The molecule has 0 fully saturated rings. The lowest BCUT2D eigenvalue weighted by atomic mass is 10.2. The molecule has 0 saturated heterocycles. The van der Waals surface area contributed by atoms with Crippen LogP contribution in [0.3, 0.4) is 0 Å². The van der Waals surface area contributed by atoms with E-state index in [2.05, 4.69) is 5.32 Å². The first-order valence-electron chi connectivity index (χ1n) is 4.88. The molecule has 1 aromatic heterocycles. The summed E-state index contributed by atoms with van der Waals surface area (Å²) in [5.74, 6) is -0.500. The third-order valence-corrected chi connectivity index (χ3v) is 2.09. The molecule has 0 bridgehead atoms. The van der Waals surface area contributed by atoms with Gasteiger partial charge in [0.15, 0.2) is 6.10 Å². The highest BCUT2D eigenvalue weighted by Crippen LogP contribution is 2.32. The molecule has 0 aromatic carbocycles. The van der Waals surface area contributed by atoms with Gasteiger partial charge in [-0.05, 0) is 6.07 Å². The van der Waals surface area contributed by atoms with Crippen LogP contribution in [-0.2, 0) is 11.3 Å². The standard InChI is InChI=1S/C10H10F3N3O2/c11-10(12,13)9(18)7-1-4-16(5-7)6-8(17)15-3-2-14/h1,4-5,9,18H,3,6H2,(H,15,17). The molecular weight excluding hydrogens is 251 g/mol. The maximum atomic E-state index is 12.2. The summed E-state index contributed by atoms with van der Waals surface area (Å²) in [6.45, 7) is -0.385. The van der Waals surface area contributed by atoms with Gasteiger partial charge < -0.3 is 15.0 Å². The molecule has 0 aliphatic rings. The lowest BCUT2D eigenvalue weighted by Crippen LogP contribution is -2.27. The van der Waals surface area contributed by atoms with E-state index in [9.17, 15) is 18.0 Å². The Balaban J connectivity index is 2.64. The zero-order chi connectivity index (χ0) is 13.8. The van der Waals surface area contributed by atoms with Crippen molar-refractivity contribution in [3.05, 3.63) is 24.0 Å². The molecule has 1 amide bonds. The molecule has 0 spiro atoms. The van der Waals surface area contributed by atoms with Crippen molar-refractivity contribution in [1.82, 2.24) is 9.88 Å². The minimum absolute atomic E-state index is 0.169. The van der Waals surface area contributed by atoms with E-state index in [-0.39, 0.29) is 18.7 Å². The third kappa shape index (κ3) is 3.78. The lowest BCUT2D eigenvalue weighted by molar-refractivity contribution is -0.206. The third-order valence-electron chi connectivity index (χ3n) is 2.09. The Kier molecular flexibility index (Phi) is 4.33. The summed E-state index contributed by atoms with van der Waals surface area (Å²) in [7, 11) is 0. The Labute approximate surface area is 100 Å². The number of halogens is 3. The molecule has 0 radical (unpaired) electrons. The first-order chi connectivity index (χ1) is 8.34. The van der Waals surface area contributed by atoms with Gasteiger partial charge in [-0.2, -0.15) is 18.4 Å². The molecular formula is C10H10F3N3O2. The number of hydrogen-bond donors (Lipinski definition) is 2. The van der Waals surface area contributed by atoms with E-state index in [1.807, 2.05) is 0 Å². The van der Waals surface area contributed by atoms with Crippen LogP contribution in [0.25, 0.3) is 0 Å². The zero-order valence-corrected chi connectivity index (χ0v) is 9.11. The number of carbonyl (C=O) groups excluding carboxylic acids is 1. The van der Waals surface area contributed by atoms with Crippen LogP contribution in [-0.4, -0.2) is 28.3 Å². The number of aliphatic hydroxyl groups is 1. The van der Waals surface area contributed by atoms with Crippen molar-refractivity contribution in [3.8, 4) is 6.07 Å². The minimum Gasteiger partial charge on any atom is -0.379 e. The van der Waals surface area contributed by atoms with Crippen LogP contribution in [0.2, 0.25) is 0 Å². The summed E-state index contributed by atoms with van der Waals surface area (Å²) >= 11 is 0. The highest BCUT2D eigenvalue weighted by atomic mass is 19.4. The van der Waals surface area contributed by atoms with Crippen molar-refractivity contribution in [2.45, 2.75) is 18.8 Å². The maximum absolute atomic E-state index is 12.2. The number of nitriles is 1. The summed E-state index contributed by atoms with van der Waals surface area (Å²) in [5.41, 5.74) is -0.337. The topological polar surface area (TPSA) is 78.0 Å². The number of carbonyl (C=O) groups is 1. The van der Waals surface area contributed by atoms with Gasteiger partial charge in [0.25, 0.3) is 0 Å². The predicted molar refractivity (Wildman–Crippen MR) is 54.1 cm³/mol. The number of rotatable bonds is 4. The average Bonchev–Trinajstić information content (AvgIpc) is 2.72. The SMILES string of the molecule is N#CCNC(=O)Cn1ccc(C(O)C(F)(F)F)c1. The molecule has 0 saturated carbocycles. The van der Waals surface area contributed by atoms with Crippen LogP contribution in [0.5, 0.6) is 0 Å². The molecule has 1 rings (SSSR count). The number of aliphatic hydroxyl groups excluding tert-OH is 1. The Morgan fingerprint density at radius 2 is 2.28 bits per heavy atom. The Morgan fingerprint density at radius 3 is 2.83 bits per heavy atom. The van der Waals surface area contributed by atoms with Crippen LogP contribution in [0.1, 0.15) is 11.7 Å². The van der Waals surface area contributed by atoms with Crippen LogP contribution in [0, 0.1) is 11.3 Å². The summed E-state index contributed by atoms with van der Waals surface area (Å²) < 4.78 is 37.8. The van der Waals surface area contributed by atoms with Gasteiger partial charge in [0.1, 0.15) is 13.1 Å². The molecule has 5 nitrogen and oxygen atoms in total. The largest absolute Gasteiger partial charge is 0.418 e. The fraction of sp³-hybridized carbons (Fsp3) is 0.400. The van der Waals surface area contributed by atoms with Crippen LogP contribution in [0.4, 0.5) is 13.2 Å². The Morgan fingerprint density at radius 1 is 1.61 bits per heavy atom. The molecule has 18 heavy (non-hydrogen) atoms. The number of alkyl halides is 3. The van der Waals surface area contributed by atoms with Crippen LogP contribution < -0.4 is 5.32 Å². The van der Waals surface area contributed by atoms with Gasteiger partial charge in [-0.25, -0.2) is 0 Å². The molecule has 1 atom stereocenters. The summed E-state index contributed by atoms with van der Waals surface area (Å²) in [5, 5.41) is 19.4. The number of aromatic nitrogens is 1. The van der Waals surface area contributed by atoms with Gasteiger partial charge in [-0.1, -0.05) is 0 Å². The predicted octanol–water partition coefficient (Wildman–Crippen LogP) is 0.724. The van der Waals surface area contributed by atoms with Gasteiger partial charge in [0.05, 0.1) is 6.07 Å². The number of nitrogens with zero attached hydrogens (tertiary/aromatic N) is 2. The molecule has 1 unspecified atom stereocenters. The highest BCUT2D eigenvalue weighted by Gasteiger charge is 2.39. The number of amides is 1. The molecule has 1 aromatic rings. The van der Waals surface area contributed by atoms with Gasteiger partial charge in [-0.3, -0.25) is 4.79 Å². The van der Waals surface area contributed by atoms with E-state index in [1.54, 1.807) is 6.07 Å². The quantitative estimate of drug-likeness (QED) is 0.784. The lowest BCUT2D eigenvalue weighted by Gasteiger charge is -2.12. The molecule has 2 N–H and O–H groups in total. The second-order valence-corrected chi connectivity index (χ2v) is 3.50. The minimum atomic E-state index is -4.74. The van der Waals surface area contributed by atoms with Gasteiger partial charge in [-0.15, -0.1) is 0 Å². The van der Waals surface area contributed by atoms with E-state index in [0.29, 0.717) is 0 Å². The van der Waals surface area contributed by atoms with E-state index in [1.165, 1.54) is 10.8 Å². The first-order valence-corrected chi connectivity index (χ1v) is 4.88. The molecule has 1 heterocycles. The van der Waals surface area contributed by atoms with Crippen molar-refractivity contribution in [1.29, 1.82) is 5.26 Å². The fourth-order valence-electron chi connectivity index (χ4n) is 1.27. The van der Waals surface area contributed by atoms with Crippen LogP contribution in [0.15, 0.2) is 18.5 Å². The van der Waals surface area contributed by atoms with Crippen molar-refractivity contribution in [2.24, 2.45) is 0 Å². The van der Waals surface area contributed by atoms with E-state index >= 15 is 0 Å². The maximum Gasteiger partial charge on any atom is 0.418 e. The van der Waals surface area contributed by atoms with Crippen molar-refractivity contribution >= 4 is 5.91 Å². The molecule has 0 aliphatic heterocycles. The monoisotopic (exact) mass is 261 g/mol. The van der Waals surface area contributed by atoms with Crippen molar-refractivity contribution in [2.75, 3.05) is 6.54 Å². The second kappa shape index (κ2) is 5.55. The smallest absolute Gasteiger partial charge is 0.379 e. The van der Waals surface area contributed by atoms with Gasteiger partial charge in [0, 0.05) is 18.0 Å². The first kappa shape index (κ1) is 14.1. The van der Waals surface area contributed by atoms with E-state index < -0.39 is 18.2 Å². The summed E-state index contributed by atoms with van der Waals surface area (Å²) in [6, 6.07) is 2.78. The Hall–Kier alpha value is -2.01. The van der Waals surface area contributed by atoms with Gasteiger partial charge in [0.2, 0.25) is 5.91 Å². The van der Waals surface area contributed by atoms with Gasteiger partial charge >= 0.3 is 6.18 Å².